The summed E-state index contributed by atoms with van der Waals surface area (Å²) in [5, 5.41) is 0. The molecule has 2 heterocycles. The van der Waals surface area contributed by atoms with Crippen molar-refractivity contribution in [3.8, 4) is 0 Å². The smallest absolute Gasteiger partial charge is 0.312 e. The van der Waals surface area contributed by atoms with E-state index in [1.165, 1.54) is 0 Å². The summed E-state index contributed by atoms with van der Waals surface area (Å²) in [6.45, 7) is 9.54. The lowest BCUT2D eigenvalue weighted by Gasteiger charge is -2.35. The van der Waals surface area contributed by atoms with E-state index in [-0.39, 0.29) is 39.3 Å². The Morgan fingerprint density at radius 1 is 0.618 bits per heavy atom. The van der Waals surface area contributed by atoms with Crippen LogP contribution in [0.1, 0.15) is 41.5 Å². The van der Waals surface area contributed by atoms with E-state index < -0.39 is 59.9 Å². The van der Waals surface area contributed by atoms with Gasteiger partial charge in [-0.3, -0.25) is 38.6 Å². The molecule has 0 aliphatic carbocycles. The highest BCUT2D eigenvalue weighted by Gasteiger charge is 2.35. The van der Waals surface area contributed by atoms with Gasteiger partial charge >= 0.3 is 11.9 Å². The molecule has 0 unspecified atom stereocenters. The van der Waals surface area contributed by atoms with E-state index in [9.17, 15) is 28.8 Å². The van der Waals surface area contributed by atoms with E-state index in [4.69, 9.17) is 9.47 Å². The first-order chi connectivity index (χ1) is 15.6. The molecular weight excluding hydrogens is 448 g/mol. The third-order valence-electron chi connectivity index (χ3n) is 5.25. The number of hydrogen-bond acceptors (Lipinski definition) is 10. The maximum Gasteiger partial charge on any atom is 0.312 e. The standard InChI is InChI=1S/C22H34N4O8/c1-21(2,3)19(31)33-13-25-15(27)9-23(10-16(25)28)7-8-24-11-17(29)26(18(30)12-24)14-34-20(32)22(4,5)6/h7-14H2,1-6H3. The van der Waals surface area contributed by atoms with Crippen LogP contribution in [0.3, 0.4) is 0 Å². The second-order valence-corrected chi connectivity index (χ2v) is 10.5. The van der Waals surface area contributed by atoms with Crippen molar-refractivity contribution < 1.29 is 38.2 Å². The quantitative estimate of drug-likeness (QED) is 0.343. The fraction of sp³-hybridized carbons (Fsp3) is 0.727. The summed E-state index contributed by atoms with van der Waals surface area (Å²) in [4.78, 5) is 78.3. The Labute approximate surface area is 199 Å². The largest absolute Gasteiger partial charge is 0.443 e. The molecule has 2 rings (SSSR count). The van der Waals surface area contributed by atoms with E-state index in [0.29, 0.717) is 0 Å². The zero-order valence-corrected chi connectivity index (χ0v) is 20.7. The highest BCUT2D eigenvalue weighted by molar-refractivity contribution is 6.00. The minimum atomic E-state index is -0.749. The monoisotopic (exact) mass is 482 g/mol. The van der Waals surface area contributed by atoms with Gasteiger partial charge in [0.25, 0.3) is 0 Å². The maximum absolute atomic E-state index is 12.4. The molecule has 2 fully saturated rings. The Morgan fingerprint density at radius 3 is 1.12 bits per heavy atom. The van der Waals surface area contributed by atoms with Crippen molar-refractivity contribution >= 4 is 35.6 Å². The predicted octanol–water partition coefficient (Wildman–Crippen LogP) is -0.578. The van der Waals surface area contributed by atoms with Crippen LogP contribution in [0.2, 0.25) is 0 Å². The Morgan fingerprint density at radius 2 is 0.882 bits per heavy atom. The van der Waals surface area contributed by atoms with Gasteiger partial charge in [0.15, 0.2) is 13.5 Å². The third-order valence-corrected chi connectivity index (χ3v) is 5.25. The molecule has 0 aromatic carbocycles. The number of amides is 4. The molecule has 0 spiro atoms. The SMILES string of the molecule is CC(C)(C)C(=O)OCN1C(=O)CN(CCN2CC(=O)N(COC(=O)C(C)(C)C)C(=O)C2)CC1=O. The van der Waals surface area contributed by atoms with E-state index in [1.54, 1.807) is 51.3 Å². The number of carbonyl (C=O) groups is 6. The van der Waals surface area contributed by atoms with Crippen LogP contribution in [0, 0.1) is 10.8 Å². The Hall–Kier alpha value is -2.86. The van der Waals surface area contributed by atoms with Gasteiger partial charge in [0.2, 0.25) is 23.6 Å². The van der Waals surface area contributed by atoms with Crippen molar-refractivity contribution in [3.63, 3.8) is 0 Å². The fourth-order valence-electron chi connectivity index (χ4n) is 3.06. The molecule has 0 saturated carbocycles. The van der Waals surface area contributed by atoms with E-state index in [0.717, 1.165) is 9.80 Å². The van der Waals surface area contributed by atoms with Gasteiger partial charge in [0.1, 0.15) is 0 Å². The van der Waals surface area contributed by atoms with Crippen molar-refractivity contribution in [2.24, 2.45) is 10.8 Å². The van der Waals surface area contributed by atoms with Gasteiger partial charge in [0, 0.05) is 13.1 Å². The van der Waals surface area contributed by atoms with Crippen LogP contribution in [0.15, 0.2) is 0 Å². The lowest BCUT2D eigenvalue weighted by molar-refractivity contribution is -0.171. The zero-order chi connectivity index (χ0) is 25.8. The highest BCUT2D eigenvalue weighted by atomic mass is 16.6. The molecule has 0 aromatic rings. The third kappa shape index (κ3) is 7.32. The number of piperazine rings is 2. The second-order valence-electron chi connectivity index (χ2n) is 10.5. The van der Waals surface area contributed by atoms with Crippen LogP contribution in [0.25, 0.3) is 0 Å². The first kappa shape index (κ1) is 27.4. The number of hydrogen-bond donors (Lipinski definition) is 0. The van der Waals surface area contributed by atoms with Crippen LogP contribution in [-0.2, 0) is 38.2 Å². The van der Waals surface area contributed by atoms with Crippen LogP contribution < -0.4 is 0 Å². The van der Waals surface area contributed by atoms with Crippen LogP contribution >= 0.6 is 0 Å². The summed E-state index contributed by atoms with van der Waals surface area (Å²) >= 11 is 0. The predicted molar refractivity (Wildman–Crippen MR) is 117 cm³/mol. The summed E-state index contributed by atoms with van der Waals surface area (Å²) in [7, 11) is 0. The molecular formula is C22H34N4O8. The summed E-state index contributed by atoms with van der Waals surface area (Å²) in [5.74, 6) is -2.99. The van der Waals surface area contributed by atoms with Crippen molar-refractivity contribution in [3.05, 3.63) is 0 Å². The number of esters is 2. The van der Waals surface area contributed by atoms with Crippen molar-refractivity contribution in [1.29, 1.82) is 0 Å². The fourth-order valence-corrected chi connectivity index (χ4v) is 3.06. The normalized spacial score (nSPS) is 19.0. The molecule has 2 aliphatic rings. The van der Waals surface area contributed by atoms with Gasteiger partial charge < -0.3 is 9.47 Å². The van der Waals surface area contributed by atoms with Gasteiger partial charge in [-0.05, 0) is 41.5 Å². The van der Waals surface area contributed by atoms with Gasteiger partial charge in [-0.1, -0.05) is 0 Å². The van der Waals surface area contributed by atoms with Crippen molar-refractivity contribution in [1.82, 2.24) is 19.6 Å². The topological polar surface area (TPSA) is 134 Å². The number of nitrogens with zero attached hydrogens (tertiary/aromatic N) is 4. The van der Waals surface area contributed by atoms with Gasteiger partial charge in [-0.2, -0.15) is 0 Å². The molecule has 34 heavy (non-hydrogen) atoms. The van der Waals surface area contributed by atoms with Gasteiger partial charge in [-0.25, -0.2) is 9.80 Å². The van der Waals surface area contributed by atoms with E-state index >= 15 is 0 Å². The minimum Gasteiger partial charge on any atom is -0.443 e. The second kappa shape index (κ2) is 10.6. The zero-order valence-electron chi connectivity index (χ0n) is 20.7. The summed E-state index contributed by atoms with van der Waals surface area (Å²) < 4.78 is 10.1. The first-order valence-electron chi connectivity index (χ1n) is 11.0. The summed E-state index contributed by atoms with van der Waals surface area (Å²) in [6, 6.07) is 0. The number of ether oxygens (including phenoxy) is 2. The average Bonchev–Trinajstić information content (AvgIpc) is 2.69. The maximum atomic E-state index is 12.4. The summed E-state index contributed by atoms with van der Waals surface area (Å²) in [5.41, 5.74) is -1.50. The van der Waals surface area contributed by atoms with Crippen molar-refractivity contribution in [2.75, 3.05) is 52.7 Å². The molecule has 0 bridgehead atoms. The number of rotatable bonds is 7. The molecule has 0 atom stereocenters. The van der Waals surface area contributed by atoms with E-state index in [2.05, 4.69) is 0 Å². The molecule has 0 N–H and O–H groups in total. The average molecular weight is 483 g/mol. The lowest BCUT2D eigenvalue weighted by Crippen LogP contribution is -2.58. The number of carbonyl (C=O) groups excluding carboxylic acids is 6. The molecule has 12 heteroatoms. The van der Waals surface area contributed by atoms with Gasteiger partial charge in [-0.15, -0.1) is 0 Å². The molecule has 0 radical (unpaired) electrons. The molecule has 0 aromatic heterocycles. The summed E-state index contributed by atoms with van der Waals surface area (Å²) in [6.07, 6.45) is 0. The molecule has 12 nitrogen and oxygen atoms in total. The lowest BCUT2D eigenvalue weighted by atomic mass is 9.97. The highest BCUT2D eigenvalue weighted by Crippen LogP contribution is 2.17. The Kier molecular flexibility index (Phi) is 8.54. The molecule has 2 saturated heterocycles. The molecule has 4 amide bonds. The van der Waals surface area contributed by atoms with Crippen LogP contribution in [0.4, 0.5) is 0 Å². The number of imide groups is 2. The van der Waals surface area contributed by atoms with Crippen LogP contribution in [0.5, 0.6) is 0 Å². The van der Waals surface area contributed by atoms with Gasteiger partial charge in [0.05, 0.1) is 37.0 Å². The van der Waals surface area contributed by atoms with E-state index in [1.807, 2.05) is 0 Å². The van der Waals surface area contributed by atoms with Crippen molar-refractivity contribution in [2.45, 2.75) is 41.5 Å². The molecule has 2 aliphatic heterocycles. The van der Waals surface area contributed by atoms with Crippen LogP contribution in [-0.4, -0.2) is 108 Å². The molecule has 190 valence electrons. The Balaban J connectivity index is 1.80. The first-order valence-corrected chi connectivity index (χ1v) is 11.0. The Bertz CT molecular complexity index is 752. The minimum absolute atomic E-state index is 0.0522.